The molecule has 4 aromatic carbocycles. The van der Waals surface area contributed by atoms with Crippen LogP contribution in [0, 0.1) is 17.6 Å². The molecule has 0 aliphatic carbocycles. The van der Waals surface area contributed by atoms with Crippen molar-refractivity contribution < 1.29 is 37.7 Å². The van der Waals surface area contributed by atoms with Gasteiger partial charge in [0.15, 0.2) is 23.0 Å². The van der Waals surface area contributed by atoms with Crippen molar-refractivity contribution >= 4 is 51.9 Å². The van der Waals surface area contributed by atoms with Gasteiger partial charge in [-0.15, -0.1) is 0 Å². The Bertz CT molecular complexity index is 2510. The number of amides is 4. The molecule has 8 rings (SSSR count). The predicted molar refractivity (Wildman–Crippen MR) is 233 cm³/mol. The lowest BCUT2D eigenvalue weighted by atomic mass is 9.77. The number of unbranched alkanes of at least 4 members (excludes halogenated alkanes) is 1. The number of benzene rings is 4. The molecule has 4 amide bonds. The number of piperidine rings is 1. The van der Waals surface area contributed by atoms with Crippen LogP contribution < -0.4 is 35.6 Å². The number of hydrogen-bond donors (Lipinski definition) is 4. The van der Waals surface area contributed by atoms with E-state index in [0.29, 0.717) is 30.4 Å². The fraction of sp³-hybridized carbons (Fsp3) is 0.391. The van der Waals surface area contributed by atoms with Crippen molar-refractivity contribution in [1.29, 1.82) is 0 Å². The monoisotopic (exact) mass is 869 g/mol. The molecule has 5 aromatic rings. The third kappa shape index (κ3) is 7.93. The van der Waals surface area contributed by atoms with E-state index in [1.54, 1.807) is 0 Å². The SMILES string of the molecule is CC1c2c(cc(F)c(Cl)c2-c2c(C(N)=O)ccc(OCCO)c2F)OC1(CNCCCCC1CCN(c2cccc3c(N4CCC(=O)NC4=O)nn(C)c23)CC1)c1ccccc1. The summed E-state index contributed by atoms with van der Waals surface area (Å²) < 4.78 is 46.1. The number of fused-ring (bicyclic) bond motifs is 2. The van der Waals surface area contributed by atoms with E-state index in [1.165, 1.54) is 23.1 Å². The number of aromatic nitrogens is 2. The van der Waals surface area contributed by atoms with Crippen LogP contribution in [0.1, 0.15) is 72.9 Å². The summed E-state index contributed by atoms with van der Waals surface area (Å²) in [5.41, 5.74) is 7.44. The molecule has 0 saturated carbocycles. The van der Waals surface area contributed by atoms with Crippen LogP contribution in [0.25, 0.3) is 22.0 Å². The van der Waals surface area contributed by atoms with Crippen LogP contribution >= 0.6 is 11.6 Å². The molecule has 326 valence electrons. The van der Waals surface area contributed by atoms with Gasteiger partial charge in [0.25, 0.3) is 0 Å². The number of halogens is 3. The summed E-state index contributed by atoms with van der Waals surface area (Å²) in [5.74, 6) is -2.48. The molecule has 0 bridgehead atoms. The Balaban J connectivity index is 0.928. The molecule has 16 heteroatoms. The summed E-state index contributed by atoms with van der Waals surface area (Å²) >= 11 is 6.68. The van der Waals surface area contributed by atoms with Gasteiger partial charge < -0.3 is 30.5 Å². The van der Waals surface area contributed by atoms with Crippen molar-refractivity contribution in [2.24, 2.45) is 18.7 Å². The average molecular weight is 870 g/mol. The van der Waals surface area contributed by atoms with Gasteiger partial charge in [-0.05, 0) is 61.6 Å². The number of anilines is 2. The largest absolute Gasteiger partial charge is 0.488 e. The molecule has 3 aliphatic rings. The first-order valence-corrected chi connectivity index (χ1v) is 21.5. The number of urea groups is 1. The summed E-state index contributed by atoms with van der Waals surface area (Å²) in [6, 6.07) is 18.9. The Morgan fingerprint density at radius 1 is 1.06 bits per heavy atom. The number of aryl methyl sites for hydroxylation is 1. The molecular formula is C46H50ClF2N7O6. The maximum absolute atomic E-state index is 16.4. The molecule has 2 fully saturated rings. The van der Waals surface area contributed by atoms with Gasteiger partial charge in [-0.2, -0.15) is 5.10 Å². The number of nitrogens with one attached hydrogen (secondary N) is 2. The van der Waals surface area contributed by atoms with E-state index in [4.69, 9.17) is 31.9 Å². The smallest absolute Gasteiger partial charge is 0.329 e. The highest BCUT2D eigenvalue weighted by molar-refractivity contribution is 6.34. The molecule has 1 aromatic heterocycles. The third-order valence-electron chi connectivity index (χ3n) is 12.6. The molecule has 62 heavy (non-hydrogen) atoms. The number of nitrogens with two attached hydrogens (primary N) is 1. The highest BCUT2D eigenvalue weighted by Crippen LogP contribution is 2.56. The van der Waals surface area contributed by atoms with E-state index in [-0.39, 0.29) is 65.3 Å². The van der Waals surface area contributed by atoms with Gasteiger partial charge >= 0.3 is 6.03 Å². The van der Waals surface area contributed by atoms with Gasteiger partial charge in [0.1, 0.15) is 18.2 Å². The fourth-order valence-corrected chi connectivity index (χ4v) is 9.68. The third-order valence-corrected chi connectivity index (χ3v) is 12.9. The number of aliphatic hydroxyl groups excluding tert-OH is 1. The number of imide groups is 1. The lowest BCUT2D eigenvalue weighted by Crippen LogP contribution is -2.49. The Kier molecular flexibility index (Phi) is 12.4. The number of primary amides is 1. The second kappa shape index (κ2) is 17.9. The molecule has 3 aliphatic heterocycles. The minimum atomic E-state index is -1.05. The topological polar surface area (TPSA) is 164 Å². The maximum Gasteiger partial charge on any atom is 0.329 e. The summed E-state index contributed by atoms with van der Waals surface area (Å²) in [4.78, 5) is 41.0. The van der Waals surface area contributed by atoms with Gasteiger partial charge in [-0.3, -0.25) is 24.5 Å². The first-order chi connectivity index (χ1) is 29.9. The van der Waals surface area contributed by atoms with Gasteiger partial charge in [0.05, 0.1) is 28.4 Å². The Morgan fingerprint density at radius 3 is 2.56 bits per heavy atom. The van der Waals surface area contributed by atoms with Gasteiger partial charge in [-0.1, -0.05) is 67.8 Å². The van der Waals surface area contributed by atoms with Crippen LogP contribution in [-0.2, 0) is 17.4 Å². The van der Waals surface area contributed by atoms with Crippen molar-refractivity contribution in [2.45, 2.75) is 57.0 Å². The highest BCUT2D eigenvalue weighted by Gasteiger charge is 2.50. The number of ether oxygens (including phenoxy) is 2. The molecule has 5 N–H and O–H groups in total. The van der Waals surface area contributed by atoms with Gasteiger partial charge in [-0.25, -0.2) is 13.6 Å². The zero-order valence-corrected chi connectivity index (χ0v) is 35.4. The zero-order chi connectivity index (χ0) is 43.7. The lowest BCUT2D eigenvalue weighted by molar-refractivity contribution is -0.120. The summed E-state index contributed by atoms with van der Waals surface area (Å²) in [6.45, 7) is 4.46. The van der Waals surface area contributed by atoms with Gasteiger partial charge in [0, 0.05) is 73.7 Å². The highest BCUT2D eigenvalue weighted by atomic mass is 35.5. The second-order valence-electron chi connectivity index (χ2n) is 16.3. The zero-order valence-electron chi connectivity index (χ0n) is 34.7. The first kappa shape index (κ1) is 42.9. The van der Waals surface area contributed by atoms with Crippen LogP contribution in [0.5, 0.6) is 11.5 Å². The van der Waals surface area contributed by atoms with Crippen LogP contribution in [0.15, 0.2) is 66.7 Å². The van der Waals surface area contributed by atoms with E-state index >= 15 is 8.78 Å². The van der Waals surface area contributed by atoms with Crippen molar-refractivity contribution in [3.05, 3.63) is 100 Å². The van der Waals surface area contributed by atoms with Gasteiger partial charge in [0.2, 0.25) is 11.8 Å². The quantitative estimate of drug-likeness (QED) is 0.0800. The first-order valence-electron chi connectivity index (χ1n) is 21.1. The second-order valence-corrected chi connectivity index (χ2v) is 16.6. The van der Waals surface area contributed by atoms with Crippen molar-refractivity contribution in [3.8, 4) is 22.6 Å². The molecule has 2 unspecified atom stereocenters. The molecule has 13 nitrogen and oxygen atoms in total. The Hall–Kier alpha value is -5.77. The van der Waals surface area contributed by atoms with Crippen LogP contribution in [0.4, 0.5) is 25.1 Å². The van der Waals surface area contributed by atoms with Crippen LogP contribution in [0.2, 0.25) is 5.02 Å². The number of para-hydroxylation sites is 1. The average Bonchev–Trinajstić information content (AvgIpc) is 3.75. The minimum absolute atomic E-state index is 0.0363. The number of hydrogen-bond acceptors (Lipinski definition) is 9. The van der Waals surface area contributed by atoms with Crippen LogP contribution in [-0.4, -0.2) is 78.7 Å². The maximum atomic E-state index is 16.4. The van der Waals surface area contributed by atoms with E-state index < -0.39 is 35.1 Å². The standard InChI is InChI=1S/C46H50ClF2N7O6/c1-27-37-35(25-32(48)40(47)39(37)38-30(43(50)59)14-15-34(41(38)49)61-24-23-57)62-46(27,29-10-4-3-5-11-29)26-51-19-7-6-9-28-16-20-55(21-17-28)33-13-8-12-31-42(33)54(2)53-44(31)56-22-18-36(58)52-45(56)60/h3-5,8,10-15,25,27-28,51,57H,6-7,9,16-24,26H2,1-2H3,(H2,50,59)(H,52,58,60). The van der Waals surface area contributed by atoms with E-state index in [0.717, 1.165) is 67.3 Å². The fourth-order valence-electron chi connectivity index (χ4n) is 9.43. The number of aliphatic hydroxyl groups is 1. The van der Waals surface area contributed by atoms with Crippen molar-refractivity contribution in [2.75, 3.05) is 55.7 Å². The van der Waals surface area contributed by atoms with E-state index in [9.17, 15) is 19.5 Å². The molecule has 2 atom stereocenters. The van der Waals surface area contributed by atoms with E-state index in [1.807, 2.05) is 61.1 Å². The van der Waals surface area contributed by atoms with Crippen molar-refractivity contribution in [3.63, 3.8) is 0 Å². The molecule has 0 radical (unpaired) electrons. The summed E-state index contributed by atoms with van der Waals surface area (Å²) in [6.07, 6.45) is 5.33. The Morgan fingerprint density at radius 2 is 1.84 bits per heavy atom. The number of carbonyl (C=O) groups is 3. The predicted octanol–water partition coefficient (Wildman–Crippen LogP) is 7.16. The summed E-state index contributed by atoms with van der Waals surface area (Å²) in [7, 11) is 1.88. The molecule has 0 spiro atoms. The van der Waals surface area contributed by atoms with E-state index in [2.05, 4.69) is 21.6 Å². The number of carbonyl (C=O) groups excluding carboxylic acids is 3. The van der Waals surface area contributed by atoms with Crippen LogP contribution in [0.3, 0.4) is 0 Å². The molecular weight excluding hydrogens is 820 g/mol. The Labute approximate surface area is 363 Å². The molecule has 4 heterocycles. The lowest BCUT2D eigenvalue weighted by Gasteiger charge is -2.35. The number of nitrogens with zero attached hydrogens (tertiary/aromatic N) is 4. The molecule has 2 saturated heterocycles. The van der Waals surface area contributed by atoms with Crippen molar-refractivity contribution in [1.82, 2.24) is 20.4 Å². The summed E-state index contributed by atoms with van der Waals surface area (Å²) in [5, 5.41) is 20.5. The minimum Gasteiger partial charge on any atom is -0.488 e. The number of rotatable bonds is 15. The normalized spacial score (nSPS) is 19.2.